The van der Waals surface area contributed by atoms with Crippen molar-refractivity contribution in [3.63, 3.8) is 0 Å². The molecule has 0 aliphatic rings. The monoisotopic (exact) mass is 136 g/mol. The van der Waals surface area contributed by atoms with E-state index in [9.17, 15) is 0 Å². The van der Waals surface area contributed by atoms with Crippen molar-refractivity contribution in [2.75, 3.05) is 6.61 Å². The lowest BCUT2D eigenvalue weighted by Gasteiger charge is -1.82. The maximum atomic E-state index is 8.43. The Balaban J connectivity index is 2.67. The van der Waals surface area contributed by atoms with Crippen LogP contribution in [0.5, 0.6) is 0 Å². The summed E-state index contributed by atoms with van der Waals surface area (Å²) in [4.78, 5) is 0. The van der Waals surface area contributed by atoms with Gasteiger partial charge < -0.3 is 5.11 Å². The minimum atomic E-state index is 0.0852. The molecule has 0 bridgehead atoms. The van der Waals surface area contributed by atoms with Crippen molar-refractivity contribution in [2.45, 2.75) is 0 Å². The van der Waals surface area contributed by atoms with E-state index in [1.165, 1.54) is 0 Å². The van der Waals surface area contributed by atoms with E-state index >= 15 is 0 Å². The van der Waals surface area contributed by atoms with Crippen molar-refractivity contribution < 1.29 is 9.67 Å². The van der Waals surface area contributed by atoms with Crippen LogP contribution >= 0.6 is 0 Å². The largest absolute Gasteiger partial charge is 0.392 e. The van der Waals surface area contributed by atoms with Gasteiger partial charge in [0, 0.05) is 18.2 Å². The number of hydrogen-bond donors (Lipinski definition) is 1. The van der Waals surface area contributed by atoms with Gasteiger partial charge in [0.05, 0.1) is 6.61 Å². The van der Waals surface area contributed by atoms with Crippen molar-refractivity contribution in [3.8, 4) is 0 Å². The first-order chi connectivity index (χ1) is 4.93. The third-order valence-corrected chi connectivity index (χ3v) is 1.12. The smallest absolute Gasteiger partial charge is 0.174 e. The molecule has 2 heteroatoms. The fraction of sp³-hybridized carbons (Fsp3) is 0.125. The van der Waals surface area contributed by atoms with Gasteiger partial charge in [-0.15, -0.1) is 0 Å². The quantitative estimate of drug-likeness (QED) is 0.586. The molecular weight excluding hydrogens is 126 g/mol. The van der Waals surface area contributed by atoms with E-state index in [-0.39, 0.29) is 6.61 Å². The molecule has 10 heavy (non-hydrogen) atoms. The fourth-order valence-electron chi connectivity index (χ4n) is 0.680. The van der Waals surface area contributed by atoms with Crippen molar-refractivity contribution in [1.29, 1.82) is 0 Å². The standard InChI is InChI=1S/C8H10NO/c10-8-4-7-9-5-2-1-3-6-9/h1-7,10H,8H2/q+1. The third kappa shape index (κ3) is 1.99. The molecule has 1 heterocycles. The van der Waals surface area contributed by atoms with E-state index in [4.69, 9.17) is 5.11 Å². The number of aliphatic hydroxyl groups is 1. The Morgan fingerprint density at radius 1 is 1.20 bits per heavy atom. The van der Waals surface area contributed by atoms with Gasteiger partial charge in [-0.2, -0.15) is 4.57 Å². The Labute approximate surface area is 60.1 Å². The summed E-state index contributed by atoms with van der Waals surface area (Å²) in [5.41, 5.74) is 0. The highest BCUT2D eigenvalue weighted by atomic mass is 16.2. The van der Waals surface area contributed by atoms with Gasteiger partial charge in [-0.25, -0.2) is 0 Å². The summed E-state index contributed by atoms with van der Waals surface area (Å²) in [6.45, 7) is 0.0852. The maximum Gasteiger partial charge on any atom is 0.174 e. The van der Waals surface area contributed by atoms with Gasteiger partial charge in [-0.05, 0) is 0 Å². The molecule has 0 unspecified atom stereocenters. The number of nitrogens with zero attached hydrogens (tertiary/aromatic N) is 1. The molecule has 1 aromatic rings. The predicted molar refractivity (Wildman–Crippen MR) is 39.1 cm³/mol. The molecular formula is C8H10NO+. The van der Waals surface area contributed by atoms with E-state index in [2.05, 4.69) is 0 Å². The Hall–Kier alpha value is -1.15. The first-order valence-electron chi connectivity index (χ1n) is 3.17. The molecule has 0 radical (unpaired) electrons. The Bertz CT molecular complexity index is 206. The molecule has 0 aromatic carbocycles. The second-order valence-corrected chi connectivity index (χ2v) is 1.89. The molecule has 52 valence electrons. The van der Waals surface area contributed by atoms with E-state index in [1.807, 2.05) is 35.2 Å². The highest BCUT2D eigenvalue weighted by Crippen LogP contribution is 1.76. The topological polar surface area (TPSA) is 24.1 Å². The van der Waals surface area contributed by atoms with E-state index < -0.39 is 0 Å². The zero-order chi connectivity index (χ0) is 7.23. The lowest BCUT2D eigenvalue weighted by atomic mass is 10.5. The normalized spacial score (nSPS) is 10.5. The van der Waals surface area contributed by atoms with Gasteiger partial charge in [-0.1, -0.05) is 6.07 Å². The first-order valence-corrected chi connectivity index (χ1v) is 3.17. The fourth-order valence-corrected chi connectivity index (χ4v) is 0.680. The second kappa shape index (κ2) is 3.80. The van der Waals surface area contributed by atoms with Gasteiger partial charge in [0.25, 0.3) is 0 Å². The van der Waals surface area contributed by atoms with Crippen LogP contribution in [0.3, 0.4) is 0 Å². The molecule has 1 rings (SSSR count). The van der Waals surface area contributed by atoms with Gasteiger partial charge in [0.2, 0.25) is 0 Å². The first kappa shape index (κ1) is 6.96. The van der Waals surface area contributed by atoms with E-state index in [1.54, 1.807) is 12.3 Å². The molecule has 0 saturated heterocycles. The third-order valence-electron chi connectivity index (χ3n) is 1.12. The summed E-state index contributed by atoms with van der Waals surface area (Å²) >= 11 is 0. The number of rotatable bonds is 2. The molecule has 0 spiro atoms. The van der Waals surface area contributed by atoms with Crippen molar-refractivity contribution in [3.05, 3.63) is 36.7 Å². The van der Waals surface area contributed by atoms with Crippen LogP contribution in [0.4, 0.5) is 0 Å². The van der Waals surface area contributed by atoms with Crippen LogP contribution in [0.2, 0.25) is 0 Å². The van der Waals surface area contributed by atoms with Crippen molar-refractivity contribution >= 4 is 6.20 Å². The van der Waals surface area contributed by atoms with Gasteiger partial charge in [-0.3, -0.25) is 0 Å². The maximum absolute atomic E-state index is 8.43. The summed E-state index contributed by atoms with van der Waals surface area (Å²) < 4.78 is 1.87. The molecule has 0 saturated carbocycles. The van der Waals surface area contributed by atoms with Gasteiger partial charge >= 0.3 is 0 Å². The average Bonchev–Trinajstić information content (AvgIpc) is 2.03. The van der Waals surface area contributed by atoms with Crippen LogP contribution < -0.4 is 4.57 Å². The zero-order valence-corrected chi connectivity index (χ0v) is 5.64. The molecule has 1 aromatic heterocycles. The molecule has 0 atom stereocenters. The number of pyridine rings is 1. The Kier molecular flexibility index (Phi) is 2.64. The Morgan fingerprint density at radius 3 is 2.50 bits per heavy atom. The number of hydrogen-bond acceptors (Lipinski definition) is 1. The Morgan fingerprint density at radius 2 is 1.90 bits per heavy atom. The summed E-state index contributed by atoms with van der Waals surface area (Å²) in [5.74, 6) is 0. The van der Waals surface area contributed by atoms with Gasteiger partial charge in [0.15, 0.2) is 18.6 Å². The van der Waals surface area contributed by atoms with Crippen LogP contribution in [-0.4, -0.2) is 11.7 Å². The molecule has 2 nitrogen and oxygen atoms in total. The van der Waals surface area contributed by atoms with E-state index in [0.29, 0.717) is 0 Å². The van der Waals surface area contributed by atoms with Crippen LogP contribution in [0, 0.1) is 0 Å². The van der Waals surface area contributed by atoms with Crippen LogP contribution in [-0.2, 0) is 0 Å². The molecule has 1 N–H and O–H groups in total. The SMILES string of the molecule is OCC=C[n+]1ccccc1. The second-order valence-electron chi connectivity index (χ2n) is 1.89. The molecule has 0 fully saturated rings. The summed E-state index contributed by atoms with van der Waals surface area (Å²) in [7, 11) is 0. The lowest BCUT2D eigenvalue weighted by Crippen LogP contribution is -2.23. The molecule has 0 aliphatic carbocycles. The summed E-state index contributed by atoms with van der Waals surface area (Å²) in [6, 6.07) is 5.81. The van der Waals surface area contributed by atoms with Crippen molar-refractivity contribution in [1.82, 2.24) is 0 Å². The van der Waals surface area contributed by atoms with Crippen molar-refractivity contribution in [2.24, 2.45) is 0 Å². The van der Waals surface area contributed by atoms with Crippen LogP contribution in [0.25, 0.3) is 6.20 Å². The minimum Gasteiger partial charge on any atom is -0.392 e. The van der Waals surface area contributed by atoms with Crippen LogP contribution in [0.15, 0.2) is 36.7 Å². The lowest BCUT2D eigenvalue weighted by molar-refractivity contribution is -0.568. The minimum absolute atomic E-state index is 0.0852. The predicted octanol–water partition coefficient (Wildman–Crippen LogP) is 0.437. The molecule has 0 amide bonds. The van der Waals surface area contributed by atoms with Crippen LogP contribution in [0.1, 0.15) is 0 Å². The summed E-state index contributed by atoms with van der Waals surface area (Å²) in [6.07, 6.45) is 7.30. The highest BCUT2D eigenvalue weighted by Gasteiger charge is 1.86. The zero-order valence-electron chi connectivity index (χ0n) is 5.64. The van der Waals surface area contributed by atoms with E-state index in [0.717, 1.165) is 0 Å². The highest BCUT2D eigenvalue weighted by molar-refractivity contribution is 5.05. The average molecular weight is 136 g/mol. The number of aromatic nitrogens is 1. The number of aliphatic hydroxyl groups excluding tert-OH is 1. The molecule has 0 aliphatic heterocycles. The van der Waals surface area contributed by atoms with Gasteiger partial charge in [0.1, 0.15) is 0 Å². The summed E-state index contributed by atoms with van der Waals surface area (Å²) in [5, 5.41) is 8.43.